The third-order valence-corrected chi connectivity index (χ3v) is 8.30. The number of hydrogen-bond acceptors (Lipinski definition) is 7. The minimum atomic E-state index is -0.127. The second kappa shape index (κ2) is 16.9. The molecule has 0 fully saturated rings. The van der Waals surface area contributed by atoms with Crippen LogP contribution < -0.4 is 33.9 Å². The first-order valence-electron chi connectivity index (χ1n) is 13.7. The zero-order valence-electron chi connectivity index (χ0n) is 25.1. The van der Waals surface area contributed by atoms with Crippen molar-refractivity contribution in [1.29, 1.82) is 0 Å². The van der Waals surface area contributed by atoms with Gasteiger partial charge in [0.25, 0.3) is 11.8 Å². The van der Waals surface area contributed by atoms with E-state index >= 15 is 0 Å². The smallest absolute Gasteiger partial charge is 0.265 e. The minimum absolute atomic E-state index is 0.0192. The van der Waals surface area contributed by atoms with E-state index in [4.69, 9.17) is 35.3 Å². The van der Waals surface area contributed by atoms with Crippen LogP contribution in [0, 0.1) is 0 Å². The van der Waals surface area contributed by atoms with E-state index in [0.29, 0.717) is 29.5 Å². The van der Waals surface area contributed by atoms with Gasteiger partial charge in [-0.3, -0.25) is 9.59 Å². The van der Waals surface area contributed by atoms with Gasteiger partial charge in [-0.1, -0.05) is 59.4 Å². The van der Waals surface area contributed by atoms with Crippen LogP contribution in [0.5, 0.6) is 28.7 Å². The summed E-state index contributed by atoms with van der Waals surface area (Å²) in [4.78, 5) is 24.9. The summed E-state index contributed by atoms with van der Waals surface area (Å²) in [5.41, 5.74) is 3.57. The van der Waals surface area contributed by atoms with Crippen LogP contribution in [0.25, 0.3) is 0 Å². The highest BCUT2D eigenvalue weighted by atomic mass is 79.9. The lowest BCUT2D eigenvalue weighted by Gasteiger charge is -2.29. The molecule has 2 aliphatic heterocycles. The first-order chi connectivity index (χ1) is 22.1. The van der Waals surface area contributed by atoms with Crippen molar-refractivity contribution in [3.8, 4) is 28.7 Å². The van der Waals surface area contributed by atoms with Crippen molar-refractivity contribution in [2.45, 2.75) is 11.9 Å². The van der Waals surface area contributed by atoms with E-state index in [-0.39, 0.29) is 25.0 Å². The molecule has 13 heteroatoms. The summed E-state index contributed by atoms with van der Waals surface area (Å²) in [7, 11) is 4.80. The molecule has 0 aromatic heterocycles. The zero-order chi connectivity index (χ0) is 33.2. The van der Waals surface area contributed by atoms with Crippen LogP contribution >= 0.6 is 59.4 Å². The van der Waals surface area contributed by atoms with Gasteiger partial charge in [0.15, 0.2) is 13.2 Å². The topological polar surface area (TPSA) is 95.6 Å². The SMILES string of the molecule is COc1cc(Br)cc(CN2C(=O)COc3cc(OC)ccc32)c1.COc1ccc2c(c1)OCC(=O)N2.Clc1cc(Br)cc(CBr)c1. The van der Waals surface area contributed by atoms with E-state index in [1.807, 2.05) is 48.5 Å². The average molecular weight is 842 g/mol. The summed E-state index contributed by atoms with van der Waals surface area (Å²) in [6.07, 6.45) is 0. The molecule has 2 amide bonds. The zero-order valence-corrected chi connectivity index (χ0v) is 30.6. The Hall–Kier alpha value is -3.45. The minimum Gasteiger partial charge on any atom is -0.497 e. The molecule has 0 saturated heterocycles. The molecule has 9 nitrogen and oxygen atoms in total. The molecule has 0 atom stereocenters. The van der Waals surface area contributed by atoms with Gasteiger partial charge in [0.2, 0.25) is 0 Å². The van der Waals surface area contributed by atoms with Crippen LogP contribution in [0.3, 0.4) is 0 Å². The van der Waals surface area contributed by atoms with Gasteiger partial charge < -0.3 is 33.9 Å². The molecule has 0 radical (unpaired) electrons. The number of methoxy groups -OCH3 is 3. The van der Waals surface area contributed by atoms with Crippen molar-refractivity contribution in [2.24, 2.45) is 0 Å². The Kier molecular flexibility index (Phi) is 13.0. The van der Waals surface area contributed by atoms with E-state index in [9.17, 15) is 9.59 Å². The lowest BCUT2D eigenvalue weighted by molar-refractivity contribution is -0.121. The third-order valence-electron chi connectivity index (χ3n) is 6.52. The Morgan fingerprint density at radius 3 is 2.07 bits per heavy atom. The summed E-state index contributed by atoms with van der Waals surface area (Å²) < 4.78 is 28.1. The highest BCUT2D eigenvalue weighted by Crippen LogP contribution is 2.37. The number of anilines is 2. The van der Waals surface area contributed by atoms with Gasteiger partial charge in [-0.05, 0) is 71.8 Å². The molecule has 4 aromatic rings. The summed E-state index contributed by atoms with van der Waals surface area (Å²) in [5.74, 6) is 3.24. The molecule has 0 saturated carbocycles. The molecule has 1 N–H and O–H groups in total. The van der Waals surface area contributed by atoms with E-state index in [1.165, 1.54) is 5.56 Å². The van der Waals surface area contributed by atoms with E-state index in [0.717, 1.165) is 42.0 Å². The molecule has 0 aliphatic carbocycles. The van der Waals surface area contributed by atoms with Gasteiger partial charge in [-0.2, -0.15) is 0 Å². The standard InChI is InChI=1S/C17H16BrNO4.C9H9NO3.C7H5Br2Cl/c1-21-13-3-4-15-16(8-13)23-10-17(20)19(15)9-11-5-12(18)7-14(6-11)22-2;1-12-6-2-3-7-8(4-6)13-5-9(11)10-7;8-4-5-1-6(9)3-7(10)2-5/h3-8H,9-10H2,1-2H3;2-4H,5H2,1H3,(H,10,11);1-3H,4H2. The van der Waals surface area contributed by atoms with Gasteiger partial charge in [-0.25, -0.2) is 0 Å². The van der Waals surface area contributed by atoms with E-state index in [1.54, 1.807) is 50.5 Å². The van der Waals surface area contributed by atoms with Crippen molar-refractivity contribution in [2.75, 3.05) is 44.8 Å². The maximum Gasteiger partial charge on any atom is 0.265 e. The van der Waals surface area contributed by atoms with Crippen LogP contribution in [-0.2, 0) is 21.5 Å². The molecular weight excluding hydrogens is 812 g/mol. The fraction of sp³-hybridized carbons (Fsp3) is 0.212. The average Bonchev–Trinajstić information content (AvgIpc) is 3.05. The predicted octanol–water partition coefficient (Wildman–Crippen LogP) is 8.42. The largest absolute Gasteiger partial charge is 0.497 e. The van der Waals surface area contributed by atoms with Crippen LogP contribution in [0.15, 0.2) is 81.7 Å². The summed E-state index contributed by atoms with van der Waals surface area (Å²) in [6, 6.07) is 22.3. The normalized spacial score (nSPS) is 12.8. The van der Waals surface area contributed by atoms with Gasteiger partial charge in [0.05, 0.1) is 39.2 Å². The number of carbonyl (C=O) groups excluding carboxylic acids is 2. The number of halogens is 4. The Labute approximate surface area is 297 Å². The Morgan fingerprint density at radius 2 is 1.39 bits per heavy atom. The molecular formula is C33H30Br3ClN2O7. The third kappa shape index (κ3) is 9.78. The predicted molar refractivity (Wildman–Crippen MR) is 189 cm³/mol. The number of ether oxygens (including phenoxy) is 5. The first kappa shape index (κ1) is 35.4. The van der Waals surface area contributed by atoms with Gasteiger partial charge in [0, 0.05) is 31.4 Å². The number of nitrogens with zero attached hydrogens (tertiary/aromatic N) is 1. The molecule has 4 aromatic carbocycles. The molecule has 46 heavy (non-hydrogen) atoms. The monoisotopic (exact) mass is 838 g/mol. The number of alkyl halides is 1. The fourth-order valence-electron chi connectivity index (χ4n) is 4.37. The lowest BCUT2D eigenvalue weighted by Crippen LogP contribution is -2.38. The molecule has 242 valence electrons. The quantitative estimate of drug-likeness (QED) is 0.195. The van der Waals surface area contributed by atoms with Crippen molar-refractivity contribution in [3.63, 3.8) is 0 Å². The molecule has 2 aliphatic rings. The number of fused-ring (bicyclic) bond motifs is 2. The fourth-order valence-corrected chi connectivity index (χ4v) is 6.14. The van der Waals surface area contributed by atoms with Crippen LogP contribution in [0.4, 0.5) is 11.4 Å². The lowest BCUT2D eigenvalue weighted by atomic mass is 10.1. The second-order valence-corrected chi connectivity index (χ2v) is 12.5. The number of carbonyl (C=O) groups is 2. The highest BCUT2D eigenvalue weighted by molar-refractivity contribution is 9.10. The molecule has 0 spiro atoms. The Bertz CT molecular complexity index is 1690. The maximum absolute atomic E-state index is 12.3. The van der Waals surface area contributed by atoms with Crippen LogP contribution in [0.2, 0.25) is 5.02 Å². The number of hydrogen-bond donors (Lipinski definition) is 1. The number of rotatable bonds is 6. The van der Waals surface area contributed by atoms with E-state index < -0.39 is 0 Å². The van der Waals surface area contributed by atoms with Crippen LogP contribution in [0.1, 0.15) is 11.1 Å². The molecule has 6 rings (SSSR count). The Balaban J connectivity index is 0.000000175. The molecule has 2 heterocycles. The van der Waals surface area contributed by atoms with Crippen molar-refractivity contribution < 1.29 is 33.3 Å². The second-order valence-electron chi connectivity index (χ2n) is 9.71. The van der Waals surface area contributed by atoms with Crippen molar-refractivity contribution in [3.05, 3.63) is 97.9 Å². The highest BCUT2D eigenvalue weighted by Gasteiger charge is 2.26. The number of nitrogens with one attached hydrogen (secondary N) is 1. The number of amides is 2. The van der Waals surface area contributed by atoms with E-state index in [2.05, 4.69) is 53.1 Å². The van der Waals surface area contributed by atoms with Gasteiger partial charge in [-0.15, -0.1) is 0 Å². The first-order valence-corrected chi connectivity index (χ1v) is 16.8. The Morgan fingerprint density at radius 1 is 0.761 bits per heavy atom. The van der Waals surface area contributed by atoms with Crippen molar-refractivity contribution >= 4 is 82.6 Å². The molecule has 0 bridgehead atoms. The molecule has 0 unspecified atom stereocenters. The van der Waals surface area contributed by atoms with Gasteiger partial charge in [0.1, 0.15) is 28.7 Å². The maximum atomic E-state index is 12.3. The van der Waals surface area contributed by atoms with Crippen molar-refractivity contribution in [1.82, 2.24) is 0 Å². The summed E-state index contributed by atoms with van der Waals surface area (Å²) >= 11 is 15.9. The summed E-state index contributed by atoms with van der Waals surface area (Å²) in [6.45, 7) is 0.531. The van der Waals surface area contributed by atoms with Crippen LogP contribution in [-0.4, -0.2) is 46.4 Å². The summed E-state index contributed by atoms with van der Waals surface area (Å²) in [5, 5.41) is 4.30. The van der Waals surface area contributed by atoms with Gasteiger partial charge >= 0.3 is 0 Å². The number of benzene rings is 4.